The van der Waals surface area contributed by atoms with Crippen molar-refractivity contribution in [1.82, 2.24) is 9.88 Å². The summed E-state index contributed by atoms with van der Waals surface area (Å²) in [6.07, 6.45) is 3.55. The highest BCUT2D eigenvalue weighted by atomic mass is 79.9. The molecule has 0 radical (unpaired) electrons. The maximum atomic E-state index is 5.99. The van der Waals surface area contributed by atoms with E-state index in [1.807, 2.05) is 6.07 Å². The van der Waals surface area contributed by atoms with Crippen LogP contribution in [0.4, 0.5) is 0 Å². The Hall–Kier alpha value is -1.21. The van der Waals surface area contributed by atoms with Gasteiger partial charge < -0.3 is 14.2 Å². The Kier molecular flexibility index (Phi) is 5.48. The zero-order valence-corrected chi connectivity index (χ0v) is 15.0. The van der Waals surface area contributed by atoms with Gasteiger partial charge in [0.05, 0.1) is 0 Å². The first kappa shape index (κ1) is 16.6. The van der Waals surface area contributed by atoms with Crippen LogP contribution in [0.25, 0.3) is 10.9 Å². The third-order valence-corrected chi connectivity index (χ3v) is 4.75. The topological polar surface area (TPSA) is 43.8 Å². The second kappa shape index (κ2) is 7.57. The fourth-order valence-electron chi connectivity index (χ4n) is 2.91. The lowest BCUT2D eigenvalue weighted by Crippen LogP contribution is -2.33. The van der Waals surface area contributed by atoms with Gasteiger partial charge in [0.1, 0.15) is 12.2 Å². The van der Waals surface area contributed by atoms with Gasteiger partial charge in [-0.1, -0.05) is 22.0 Å². The van der Waals surface area contributed by atoms with Gasteiger partial charge in [0.15, 0.2) is 12.0 Å². The van der Waals surface area contributed by atoms with Gasteiger partial charge in [-0.15, -0.1) is 0 Å². The van der Waals surface area contributed by atoms with Crippen LogP contribution in [0.2, 0.25) is 0 Å². The summed E-state index contributed by atoms with van der Waals surface area (Å²) in [5.41, 5.74) is 2.10. The van der Waals surface area contributed by atoms with E-state index in [4.69, 9.17) is 14.2 Å². The van der Waals surface area contributed by atoms with Crippen molar-refractivity contribution in [2.24, 2.45) is 0 Å². The van der Waals surface area contributed by atoms with Crippen LogP contribution in [-0.4, -0.2) is 43.7 Å². The molecule has 0 atom stereocenters. The van der Waals surface area contributed by atoms with E-state index in [2.05, 4.69) is 37.9 Å². The van der Waals surface area contributed by atoms with Gasteiger partial charge >= 0.3 is 0 Å². The molecule has 0 saturated heterocycles. The van der Waals surface area contributed by atoms with Crippen molar-refractivity contribution >= 4 is 26.8 Å². The number of ether oxygens (including phenoxy) is 3. The molecule has 1 aromatic carbocycles. The summed E-state index contributed by atoms with van der Waals surface area (Å²) in [6, 6.07) is 6.13. The highest BCUT2D eigenvalue weighted by Crippen LogP contribution is 2.36. The van der Waals surface area contributed by atoms with Gasteiger partial charge in [-0.05, 0) is 25.0 Å². The van der Waals surface area contributed by atoms with Gasteiger partial charge in [-0.25, -0.2) is 0 Å². The third-order valence-electron chi connectivity index (χ3n) is 4.10. The van der Waals surface area contributed by atoms with E-state index < -0.39 is 0 Å². The molecule has 0 amide bonds. The molecule has 0 fully saturated rings. The Morgan fingerprint density at radius 3 is 3.00 bits per heavy atom. The van der Waals surface area contributed by atoms with Crippen molar-refractivity contribution in [3.8, 4) is 5.75 Å². The molecule has 0 bridgehead atoms. The zero-order chi connectivity index (χ0) is 16.2. The molecule has 5 nitrogen and oxygen atoms in total. The predicted molar refractivity (Wildman–Crippen MR) is 92.4 cm³/mol. The molecule has 6 heteroatoms. The average molecular weight is 381 g/mol. The number of nitrogens with zero attached hydrogens (tertiary/aromatic N) is 2. The SMILES string of the molecule is COC(CCCN1COc2c(cc(Br)c3cccnc23)C1)OC. The van der Waals surface area contributed by atoms with E-state index in [1.165, 1.54) is 5.56 Å². The van der Waals surface area contributed by atoms with Crippen molar-refractivity contribution < 1.29 is 14.2 Å². The van der Waals surface area contributed by atoms with E-state index in [1.54, 1.807) is 20.4 Å². The van der Waals surface area contributed by atoms with Crippen LogP contribution in [0.1, 0.15) is 18.4 Å². The molecular formula is C17H21BrN2O3. The summed E-state index contributed by atoms with van der Waals surface area (Å²) in [5, 5.41) is 1.09. The van der Waals surface area contributed by atoms with E-state index in [-0.39, 0.29) is 6.29 Å². The van der Waals surface area contributed by atoms with Crippen molar-refractivity contribution in [2.45, 2.75) is 25.7 Å². The summed E-state index contributed by atoms with van der Waals surface area (Å²) in [5.74, 6) is 0.909. The lowest BCUT2D eigenvalue weighted by Gasteiger charge is -2.30. The van der Waals surface area contributed by atoms with Gasteiger partial charge in [-0.2, -0.15) is 0 Å². The Morgan fingerprint density at radius 1 is 1.39 bits per heavy atom. The van der Waals surface area contributed by atoms with Gasteiger partial charge in [0, 0.05) is 48.9 Å². The van der Waals surface area contributed by atoms with Crippen molar-refractivity contribution in [2.75, 3.05) is 27.5 Å². The Bertz CT molecular complexity index is 676. The van der Waals surface area contributed by atoms with Crippen molar-refractivity contribution in [1.29, 1.82) is 0 Å². The minimum atomic E-state index is -0.129. The van der Waals surface area contributed by atoms with Gasteiger partial charge in [0.25, 0.3) is 0 Å². The first-order valence-electron chi connectivity index (χ1n) is 7.69. The van der Waals surface area contributed by atoms with Crippen LogP contribution < -0.4 is 4.74 Å². The van der Waals surface area contributed by atoms with E-state index in [9.17, 15) is 0 Å². The standard InChI is InChI=1S/C17H21BrN2O3/c1-21-15(22-2)6-4-8-20-10-12-9-14(18)13-5-3-7-19-16(13)17(12)23-11-20/h3,5,7,9,15H,4,6,8,10-11H2,1-2H3. The number of halogens is 1. The minimum absolute atomic E-state index is 0.129. The first-order chi connectivity index (χ1) is 11.2. The van der Waals surface area contributed by atoms with E-state index in [0.717, 1.165) is 47.1 Å². The molecule has 0 spiro atoms. The summed E-state index contributed by atoms with van der Waals surface area (Å²) >= 11 is 3.64. The summed E-state index contributed by atoms with van der Waals surface area (Å²) in [6.45, 7) is 2.40. The molecule has 1 aliphatic rings. The van der Waals surface area contributed by atoms with Crippen LogP contribution in [-0.2, 0) is 16.0 Å². The Balaban J connectivity index is 1.69. The number of fused-ring (bicyclic) bond motifs is 3. The molecule has 0 aliphatic carbocycles. The predicted octanol–water partition coefficient (Wildman–Crippen LogP) is 3.55. The second-order valence-electron chi connectivity index (χ2n) is 5.62. The summed E-state index contributed by atoms with van der Waals surface area (Å²) in [7, 11) is 3.34. The largest absolute Gasteiger partial charge is 0.475 e. The highest BCUT2D eigenvalue weighted by molar-refractivity contribution is 9.10. The Morgan fingerprint density at radius 2 is 2.22 bits per heavy atom. The molecule has 2 aromatic rings. The van der Waals surface area contributed by atoms with Crippen LogP contribution in [0, 0.1) is 0 Å². The van der Waals surface area contributed by atoms with E-state index >= 15 is 0 Å². The normalized spacial score (nSPS) is 15.0. The van der Waals surface area contributed by atoms with Gasteiger partial charge in [-0.3, -0.25) is 9.88 Å². The monoisotopic (exact) mass is 380 g/mol. The Labute approximate surface area is 144 Å². The van der Waals surface area contributed by atoms with E-state index in [0.29, 0.717) is 6.73 Å². The number of hydrogen-bond acceptors (Lipinski definition) is 5. The molecule has 0 unspecified atom stereocenters. The maximum absolute atomic E-state index is 5.99. The molecule has 3 rings (SSSR count). The number of benzene rings is 1. The number of pyridine rings is 1. The van der Waals surface area contributed by atoms with Crippen LogP contribution in [0.5, 0.6) is 5.75 Å². The molecule has 0 saturated carbocycles. The molecule has 23 heavy (non-hydrogen) atoms. The quantitative estimate of drug-likeness (QED) is 0.716. The molecule has 0 N–H and O–H groups in total. The van der Waals surface area contributed by atoms with Gasteiger partial charge in [0.2, 0.25) is 0 Å². The third kappa shape index (κ3) is 3.66. The molecular weight excluding hydrogens is 360 g/mol. The molecule has 124 valence electrons. The number of methoxy groups -OCH3 is 2. The lowest BCUT2D eigenvalue weighted by atomic mass is 10.1. The summed E-state index contributed by atoms with van der Waals surface area (Å²) < 4.78 is 17.5. The maximum Gasteiger partial charge on any atom is 0.156 e. The second-order valence-corrected chi connectivity index (χ2v) is 6.47. The number of aromatic nitrogens is 1. The molecule has 1 aliphatic heterocycles. The fourth-order valence-corrected chi connectivity index (χ4v) is 3.50. The van der Waals surface area contributed by atoms with Crippen molar-refractivity contribution in [3.05, 3.63) is 34.4 Å². The smallest absolute Gasteiger partial charge is 0.156 e. The van der Waals surface area contributed by atoms with Crippen molar-refractivity contribution in [3.63, 3.8) is 0 Å². The number of rotatable bonds is 6. The molecule has 1 aromatic heterocycles. The fraction of sp³-hybridized carbons (Fsp3) is 0.471. The van der Waals surface area contributed by atoms with Crippen LogP contribution >= 0.6 is 15.9 Å². The minimum Gasteiger partial charge on any atom is -0.475 e. The summed E-state index contributed by atoms with van der Waals surface area (Å²) in [4.78, 5) is 6.76. The average Bonchev–Trinajstić information content (AvgIpc) is 2.59. The first-order valence-corrected chi connectivity index (χ1v) is 8.49. The zero-order valence-electron chi connectivity index (χ0n) is 13.4. The lowest BCUT2D eigenvalue weighted by molar-refractivity contribution is -0.108. The van der Waals surface area contributed by atoms with Crippen LogP contribution in [0.15, 0.2) is 28.9 Å². The molecule has 2 heterocycles. The van der Waals surface area contributed by atoms with Crippen LogP contribution in [0.3, 0.4) is 0 Å². The highest BCUT2D eigenvalue weighted by Gasteiger charge is 2.21. The number of hydrogen-bond donors (Lipinski definition) is 0.